The number of rotatable bonds is 7. The quantitative estimate of drug-likeness (QED) is 0.672. The summed E-state index contributed by atoms with van der Waals surface area (Å²) in [5.74, 6) is 0. The van der Waals surface area contributed by atoms with Crippen molar-refractivity contribution >= 4 is 0 Å². The van der Waals surface area contributed by atoms with Crippen LogP contribution in [-0.2, 0) is 0 Å². The summed E-state index contributed by atoms with van der Waals surface area (Å²) in [5.41, 5.74) is 0.569. The topological polar surface area (TPSA) is 15.3 Å². The van der Waals surface area contributed by atoms with Gasteiger partial charge < -0.3 is 10.2 Å². The van der Waals surface area contributed by atoms with Gasteiger partial charge in [0, 0.05) is 12.6 Å². The molecule has 0 unspecified atom stereocenters. The van der Waals surface area contributed by atoms with E-state index >= 15 is 0 Å². The van der Waals surface area contributed by atoms with Gasteiger partial charge in [0.15, 0.2) is 0 Å². The summed E-state index contributed by atoms with van der Waals surface area (Å²) < 4.78 is 0. The van der Waals surface area contributed by atoms with E-state index in [2.05, 4.69) is 37.9 Å². The minimum atomic E-state index is 0.569. The second-order valence-corrected chi connectivity index (χ2v) is 6.36. The highest BCUT2D eigenvalue weighted by molar-refractivity contribution is 4.82. The molecule has 1 N–H and O–H groups in total. The fourth-order valence-corrected chi connectivity index (χ4v) is 2.44. The Morgan fingerprint density at radius 1 is 1.19 bits per heavy atom. The summed E-state index contributed by atoms with van der Waals surface area (Å²) in [7, 11) is 0. The molecule has 0 aliphatic carbocycles. The lowest BCUT2D eigenvalue weighted by atomic mass is 9.93. The van der Waals surface area contributed by atoms with E-state index in [1.165, 1.54) is 51.9 Å². The molecule has 1 aliphatic heterocycles. The maximum absolute atomic E-state index is 3.47. The first-order valence-electron chi connectivity index (χ1n) is 6.95. The van der Waals surface area contributed by atoms with Crippen molar-refractivity contribution in [2.45, 2.75) is 59.4 Å². The lowest BCUT2D eigenvalue weighted by Crippen LogP contribution is -2.25. The first kappa shape index (κ1) is 14.0. The van der Waals surface area contributed by atoms with Crippen LogP contribution in [0.4, 0.5) is 0 Å². The van der Waals surface area contributed by atoms with Crippen LogP contribution in [0.15, 0.2) is 0 Å². The van der Waals surface area contributed by atoms with Gasteiger partial charge in [-0.3, -0.25) is 0 Å². The predicted molar refractivity (Wildman–Crippen MR) is 71.8 cm³/mol. The summed E-state index contributed by atoms with van der Waals surface area (Å²) in [6.45, 7) is 14.3. The van der Waals surface area contributed by atoms with Crippen LogP contribution in [0.25, 0.3) is 0 Å². The number of nitrogens with zero attached hydrogens (tertiary/aromatic N) is 1. The zero-order valence-corrected chi connectivity index (χ0v) is 11.7. The molecule has 0 bridgehead atoms. The van der Waals surface area contributed by atoms with Crippen LogP contribution in [0, 0.1) is 5.41 Å². The highest BCUT2D eigenvalue weighted by atomic mass is 15.1. The van der Waals surface area contributed by atoms with E-state index in [9.17, 15) is 0 Å². The molecular weight excluding hydrogens is 196 g/mol. The van der Waals surface area contributed by atoms with Crippen LogP contribution in [0.2, 0.25) is 0 Å². The molecule has 2 nitrogen and oxygen atoms in total. The molecular formula is C14H30N2. The molecule has 0 aromatic heterocycles. The first-order valence-corrected chi connectivity index (χ1v) is 6.95. The average molecular weight is 226 g/mol. The summed E-state index contributed by atoms with van der Waals surface area (Å²) in [6.07, 6.45) is 5.45. The Balaban J connectivity index is 1.92. The Kier molecular flexibility index (Phi) is 5.77. The van der Waals surface area contributed by atoms with Gasteiger partial charge in [-0.2, -0.15) is 0 Å². The number of hydrogen-bond acceptors (Lipinski definition) is 2. The highest BCUT2D eigenvalue weighted by Crippen LogP contribution is 2.28. The van der Waals surface area contributed by atoms with Gasteiger partial charge in [0.1, 0.15) is 0 Å². The minimum Gasteiger partial charge on any atom is -0.315 e. The van der Waals surface area contributed by atoms with Gasteiger partial charge in [0.2, 0.25) is 0 Å². The largest absolute Gasteiger partial charge is 0.315 e. The Bertz CT molecular complexity index is 187. The molecule has 0 aromatic rings. The fourth-order valence-electron chi connectivity index (χ4n) is 2.44. The smallest absolute Gasteiger partial charge is 0.00332 e. The molecule has 1 aliphatic rings. The maximum Gasteiger partial charge on any atom is 0.00332 e. The third-order valence-electron chi connectivity index (χ3n) is 3.46. The lowest BCUT2D eigenvalue weighted by Gasteiger charge is -2.19. The normalized spacial score (nSPS) is 20.8. The van der Waals surface area contributed by atoms with Crippen molar-refractivity contribution in [3.8, 4) is 0 Å². The van der Waals surface area contributed by atoms with Crippen molar-refractivity contribution in [2.75, 3.05) is 26.2 Å². The van der Waals surface area contributed by atoms with Gasteiger partial charge in [0.25, 0.3) is 0 Å². The maximum atomic E-state index is 3.47. The second kappa shape index (κ2) is 6.61. The Morgan fingerprint density at radius 3 is 2.50 bits per heavy atom. The van der Waals surface area contributed by atoms with Crippen LogP contribution in [0.1, 0.15) is 53.4 Å². The first-order chi connectivity index (χ1) is 7.49. The van der Waals surface area contributed by atoms with Crippen LogP contribution < -0.4 is 5.32 Å². The molecule has 2 heteroatoms. The molecule has 0 spiro atoms. The van der Waals surface area contributed by atoms with Crippen molar-refractivity contribution in [1.82, 2.24) is 10.2 Å². The number of likely N-dealkylation sites (tertiary alicyclic amines) is 1. The molecule has 1 saturated heterocycles. The van der Waals surface area contributed by atoms with Crippen LogP contribution in [-0.4, -0.2) is 37.1 Å². The third kappa shape index (κ3) is 5.86. The average Bonchev–Trinajstić information content (AvgIpc) is 2.51. The van der Waals surface area contributed by atoms with Crippen molar-refractivity contribution < 1.29 is 0 Å². The molecule has 1 rings (SSSR count). The van der Waals surface area contributed by atoms with E-state index in [1.807, 2.05) is 0 Å². The molecule has 0 amide bonds. The van der Waals surface area contributed by atoms with Gasteiger partial charge in [-0.25, -0.2) is 0 Å². The molecule has 0 atom stereocenters. The van der Waals surface area contributed by atoms with E-state index < -0.39 is 0 Å². The minimum absolute atomic E-state index is 0.569. The van der Waals surface area contributed by atoms with E-state index in [4.69, 9.17) is 0 Å². The van der Waals surface area contributed by atoms with Crippen LogP contribution in [0.3, 0.4) is 0 Å². The number of hydrogen-bond donors (Lipinski definition) is 1. The molecule has 16 heavy (non-hydrogen) atoms. The van der Waals surface area contributed by atoms with Crippen LogP contribution >= 0.6 is 0 Å². The summed E-state index contributed by atoms with van der Waals surface area (Å²) in [5, 5.41) is 3.47. The zero-order valence-electron chi connectivity index (χ0n) is 11.7. The van der Waals surface area contributed by atoms with E-state index in [-0.39, 0.29) is 0 Å². The van der Waals surface area contributed by atoms with Crippen molar-refractivity contribution in [3.05, 3.63) is 0 Å². The van der Waals surface area contributed by atoms with Gasteiger partial charge in [-0.15, -0.1) is 0 Å². The molecule has 96 valence electrons. The van der Waals surface area contributed by atoms with Gasteiger partial charge in [0.05, 0.1) is 0 Å². The van der Waals surface area contributed by atoms with E-state index in [0.717, 1.165) is 0 Å². The molecule has 0 saturated carbocycles. The summed E-state index contributed by atoms with van der Waals surface area (Å²) >= 11 is 0. The van der Waals surface area contributed by atoms with Crippen molar-refractivity contribution in [2.24, 2.45) is 5.41 Å². The summed E-state index contributed by atoms with van der Waals surface area (Å²) in [6, 6.07) is 0.638. The second-order valence-electron chi connectivity index (χ2n) is 6.36. The summed E-state index contributed by atoms with van der Waals surface area (Å²) in [4.78, 5) is 2.63. The zero-order chi connectivity index (χ0) is 12.0. The Morgan fingerprint density at radius 2 is 1.94 bits per heavy atom. The van der Waals surface area contributed by atoms with E-state index in [1.54, 1.807) is 0 Å². The molecule has 0 aromatic carbocycles. The molecule has 1 fully saturated rings. The van der Waals surface area contributed by atoms with Crippen molar-refractivity contribution in [1.29, 1.82) is 0 Å². The highest BCUT2D eigenvalue weighted by Gasteiger charge is 2.28. The van der Waals surface area contributed by atoms with Crippen LogP contribution in [0.5, 0.6) is 0 Å². The fraction of sp³-hybridized carbons (Fsp3) is 1.00. The SMILES string of the molecule is CC(C)NCCCCCN1CCC(C)(C)C1. The van der Waals surface area contributed by atoms with E-state index in [0.29, 0.717) is 11.5 Å². The van der Waals surface area contributed by atoms with Gasteiger partial charge in [-0.1, -0.05) is 34.1 Å². The van der Waals surface area contributed by atoms with Gasteiger partial charge >= 0.3 is 0 Å². The number of unbranched alkanes of at least 4 members (excludes halogenated alkanes) is 2. The number of nitrogens with one attached hydrogen (secondary N) is 1. The molecule has 0 radical (unpaired) electrons. The standard InChI is InChI=1S/C14H30N2/c1-13(2)15-9-6-5-7-10-16-11-8-14(3,4)12-16/h13,15H,5-12H2,1-4H3. The predicted octanol–water partition coefficient (Wildman–Crippen LogP) is 2.89. The Labute approximate surface area is 102 Å². The van der Waals surface area contributed by atoms with Gasteiger partial charge in [-0.05, 0) is 44.3 Å². The molecule has 1 heterocycles. The Hall–Kier alpha value is -0.0800. The lowest BCUT2D eigenvalue weighted by molar-refractivity contribution is 0.284. The monoisotopic (exact) mass is 226 g/mol. The van der Waals surface area contributed by atoms with Crippen molar-refractivity contribution in [3.63, 3.8) is 0 Å². The third-order valence-corrected chi connectivity index (χ3v) is 3.46.